The lowest BCUT2D eigenvalue weighted by Crippen LogP contribution is -2.24. The number of fused-ring (bicyclic) bond motifs is 1. The summed E-state index contributed by atoms with van der Waals surface area (Å²) in [6, 6.07) is 14.4. The maximum atomic E-state index is 13.3. The van der Waals surface area contributed by atoms with Gasteiger partial charge in [0.25, 0.3) is 11.5 Å². The van der Waals surface area contributed by atoms with Gasteiger partial charge in [-0.1, -0.05) is 35.6 Å². The van der Waals surface area contributed by atoms with Crippen molar-refractivity contribution < 1.29 is 14.3 Å². The molecule has 0 aliphatic heterocycles. The minimum atomic E-state index is -0.529. The number of H-pyrrole nitrogens is 1. The molecule has 4 rings (SSSR count). The lowest BCUT2D eigenvalue weighted by atomic mass is 10.1. The fourth-order valence-electron chi connectivity index (χ4n) is 3.19. The predicted octanol–water partition coefficient (Wildman–Crippen LogP) is 3.41. The number of carbonyl (C=O) groups is 2. The van der Waals surface area contributed by atoms with Crippen molar-refractivity contribution in [1.29, 1.82) is 0 Å². The van der Waals surface area contributed by atoms with Gasteiger partial charge in [-0.2, -0.15) is 9.78 Å². The number of ether oxygens (including phenoxy) is 1. The Balaban J connectivity index is 1.73. The first-order chi connectivity index (χ1) is 15.9. The summed E-state index contributed by atoms with van der Waals surface area (Å²) in [5.41, 5.74) is 3.86. The molecule has 0 saturated heterocycles. The quantitative estimate of drug-likeness (QED) is 0.226. The number of methoxy groups -OCH3 is 1. The highest BCUT2D eigenvalue weighted by atomic mass is 79.9. The van der Waals surface area contributed by atoms with E-state index in [0.29, 0.717) is 20.9 Å². The lowest BCUT2D eigenvalue weighted by molar-refractivity contribution is -0.139. The van der Waals surface area contributed by atoms with E-state index in [4.69, 9.17) is 4.74 Å². The van der Waals surface area contributed by atoms with E-state index < -0.39 is 17.4 Å². The van der Waals surface area contributed by atoms with E-state index in [-0.39, 0.29) is 17.7 Å². The van der Waals surface area contributed by atoms with Crippen LogP contribution in [0.15, 0.2) is 62.9 Å². The number of carbonyl (C=O) groups excluding carboxylic acids is 2. The molecule has 2 aromatic carbocycles. The minimum absolute atomic E-state index is 0.159. The monoisotopic (exact) mass is 527 g/mol. The number of thiazole rings is 1. The number of rotatable bonds is 6. The number of halogens is 1. The van der Waals surface area contributed by atoms with Crippen LogP contribution in [0.2, 0.25) is 0 Å². The van der Waals surface area contributed by atoms with Gasteiger partial charge >= 0.3 is 5.97 Å². The van der Waals surface area contributed by atoms with Gasteiger partial charge in [-0.25, -0.2) is 10.4 Å². The highest BCUT2D eigenvalue weighted by Gasteiger charge is 2.22. The number of para-hydroxylation sites is 1. The number of amides is 1. The standard InChI is InChI=1S/C22H18BrN5O4S/c1-12(25-26-20(30)13-7-3-4-8-14(13)23)19-16(11-18(29)32-2)27-28(21(19)31)22-24-15-9-5-6-10-17(15)33-22/h3-10,27H,11H2,1-2H3,(H,26,30)/b25-12+. The zero-order valence-electron chi connectivity index (χ0n) is 17.6. The maximum absolute atomic E-state index is 13.3. The second-order valence-corrected chi connectivity index (χ2v) is 8.80. The first-order valence-electron chi connectivity index (χ1n) is 9.75. The number of benzene rings is 2. The van der Waals surface area contributed by atoms with Gasteiger partial charge in [-0.05, 0) is 47.1 Å². The molecule has 11 heteroatoms. The number of esters is 1. The Hall–Kier alpha value is -3.57. The van der Waals surface area contributed by atoms with E-state index in [1.165, 1.54) is 23.1 Å². The Morgan fingerprint density at radius 3 is 2.67 bits per heavy atom. The van der Waals surface area contributed by atoms with Crippen LogP contribution in [0, 0.1) is 0 Å². The van der Waals surface area contributed by atoms with Gasteiger partial charge in [-0.15, -0.1) is 0 Å². The van der Waals surface area contributed by atoms with E-state index in [2.05, 4.69) is 36.5 Å². The van der Waals surface area contributed by atoms with Crippen molar-refractivity contribution in [3.8, 4) is 5.13 Å². The molecule has 0 aliphatic rings. The molecule has 0 saturated carbocycles. The molecule has 0 unspecified atom stereocenters. The zero-order chi connectivity index (χ0) is 23.5. The van der Waals surface area contributed by atoms with Gasteiger partial charge < -0.3 is 4.74 Å². The van der Waals surface area contributed by atoms with Crippen LogP contribution in [-0.4, -0.2) is 39.5 Å². The van der Waals surface area contributed by atoms with Gasteiger partial charge in [0.15, 0.2) is 0 Å². The third-order valence-corrected chi connectivity index (χ3v) is 6.51. The van der Waals surface area contributed by atoms with Gasteiger partial charge in [0.1, 0.15) is 0 Å². The summed E-state index contributed by atoms with van der Waals surface area (Å²) >= 11 is 4.66. The van der Waals surface area contributed by atoms with Crippen LogP contribution in [0.1, 0.15) is 28.5 Å². The number of nitrogens with zero attached hydrogens (tertiary/aromatic N) is 3. The normalized spacial score (nSPS) is 11.5. The summed E-state index contributed by atoms with van der Waals surface area (Å²) in [6.45, 7) is 1.58. The maximum Gasteiger partial charge on any atom is 0.311 e. The summed E-state index contributed by atoms with van der Waals surface area (Å²) < 4.78 is 7.56. The molecule has 2 aromatic heterocycles. The fraction of sp³-hybridized carbons (Fsp3) is 0.136. The van der Waals surface area contributed by atoms with Crippen molar-refractivity contribution in [2.45, 2.75) is 13.3 Å². The second-order valence-electron chi connectivity index (χ2n) is 6.94. The highest BCUT2D eigenvalue weighted by Crippen LogP contribution is 2.24. The molecule has 168 valence electrons. The predicted molar refractivity (Wildman–Crippen MR) is 129 cm³/mol. The molecular formula is C22H18BrN5O4S. The molecule has 0 radical (unpaired) electrons. The van der Waals surface area contributed by atoms with Gasteiger partial charge in [0.2, 0.25) is 5.13 Å². The fourth-order valence-corrected chi connectivity index (χ4v) is 4.58. The van der Waals surface area contributed by atoms with E-state index in [9.17, 15) is 14.4 Å². The Bertz CT molecular complexity index is 1420. The van der Waals surface area contributed by atoms with E-state index in [0.717, 1.165) is 10.2 Å². The summed E-state index contributed by atoms with van der Waals surface area (Å²) in [5, 5.41) is 7.48. The number of aromatic amines is 1. The van der Waals surface area contributed by atoms with Crippen LogP contribution in [-0.2, 0) is 16.0 Å². The highest BCUT2D eigenvalue weighted by molar-refractivity contribution is 9.10. The summed E-state index contributed by atoms with van der Waals surface area (Å²) in [6.07, 6.45) is -0.177. The molecule has 0 atom stereocenters. The first-order valence-corrected chi connectivity index (χ1v) is 11.4. The van der Waals surface area contributed by atoms with E-state index in [1.54, 1.807) is 31.2 Å². The average molecular weight is 528 g/mol. The van der Waals surface area contributed by atoms with Crippen LogP contribution in [0.5, 0.6) is 0 Å². The van der Waals surface area contributed by atoms with Crippen molar-refractivity contribution in [2.24, 2.45) is 5.10 Å². The summed E-state index contributed by atoms with van der Waals surface area (Å²) in [7, 11) is 1.27. The summed E-state index contributed by atoms with van der Waals surface area (Å²) in [5.74, 6) is -0.975. The van der Waals surface area contributed by atoms with Crippen LogP contribution < -0.4 is 11.0 Å². The molecule has 0 aliphatic carbocycles. The van der Waals surface area contributed by atoms with Gasteiger partial charge in [-0.3, -0.25) is 19.5 Å². The van der Waals surface area contributed by atoms with Crippen molar-refractivity contribution in [2.75, 3.05) is 7.11 Å². The Morgan fingerprint density at radius 2 is 1.94 bits per heavy atom. The number of aromatic nitrogens is 3. The number of hydrogen-bond donors (Lipinski definition) is 2. The molecule has 2 N–H and O–H groups in total. The molecule has 2 heterocycles. The van der Waals surface area contributed by atoms with Gasteiger partial charge in [0.05, 0.1) is 46.3 Å². The Morgan fingerprint density at radius 1 is 1.21 bits per heavy atom. The van der Waals surface area contributed by atoms with Gasteiger partial charge in [0, 0.05) is 4.47 Å². The van der Waals surface area contributed by atoms with E-state index >= 15 is 0 Å². The second kappa shape index (κ2) is 9.51. The first kappa shape index (κ1) is 22.6. The third-order valence-electron chi connectivity index (χ3n) is 4.79. The Labute approximate surface area is 200 Å². The molecule has 4 aromatic rings. The van der Waals surface area contributed by atoms with Crippen LogP contribution in [0.3, 0.4) is 0 Å². The topological polar surface area (TPSA) is 118 Å². The molecule has 0 spiro atoms. The summed E-state index contributed by atoms with van der Waals surface area (Å²) in [4.78, 5) is 42.3. The van der Waals surface area contributed by atoms with Crippen molar-refractivity contribution in [3.63, 3.8) is 0 Å². The van der Waals surface area contributed by atoms with Crippen LogP contribution in [0.4, 0.5) is 0 Å². The molecule has 0 fully saturated rings. The minimum Gasteiger partial charge on any atom is -0.469 e. The molecule has 1 amide bonds. The molecule has 9 nitrogen and oxygen atoms in total. The zero-order valence-corrected chi connectivity index (χ0v) is 20.0. The lowest BCUT2D eigenvalue weighted by Gasteiger charge is -2.04. The number of nitrogens with one attached hydrogen (secondary N) is 2. The molecule has 0 bridgehead atoms. The van der Waals surface area contributed by atoms with Crippen molar-refractivity contribution >= 4 is 55.1 Å². The smallest absolute Gasteiger partial charge is 0.311 e. The number of hydrazone groups is 1. The Kier molecular flexibility index (Phi) is 6.52. The largest absolute Gasteiger partial charge is 0.469 e. The third kappa shape index (κ3) is 4.64. The average Bonchev–Trinajstić information content (AvgIpc) is 3.38. The van der Waals surface area contributed by atoms with Crippen molar-refractivity contribution in [3.05, 3.63) is 80.2 Å². The number of hydrogen-bond acceptors (Lipinski definition) is 7. The van der Waals surface area contributed by atoms with Crippen LogP contribution in [0.25, 0.3) is 15.3 Å². The molecule has 33 heavy (non-hydrogen) atoms. The van der Waals surface area contributed by atoms with Crippen molar-refractivity contribution in [1.82, 2.24) is 20.2 Å². The SMILES string of the molecule is COC(=O)Cc1[nH]n(-c2nc3ccccc3s2)c(=O)c1/C(C)=N/NC(=O)c1ccccc1Br. The molecular weight excluding hydrogens is 510 g/mol. The van der Waals surface area contributed by atoms with E-state index in [1.807, 2.05) is 24.3 Å². The van der Waals surface area contributed by atoms with Crippen LogP contribution >= 0.6 is 27.3 Å².